The molecule has 1 N–H and O–H groups in total. The van der Waals surface area contributed by atoms with Crippen molar-refractivity contribution in [3.8, 4) is 11.5 Å². The average molecular weight is 485 g/mol. The summed E-state index contributed by atoms with van der Waals surface area (Å²) in [7, 11) is 3.32. The Kier molecular flexibility index (Phi) is 6.57. The van der Waals surface area contributed by atoms with Gasteiger partial charge in [-0.2, -0.15) is 0 Å². The molecule has 2 aliphatic heterocycles. The van der Waals surface area contributed by atoms with Gasteiger partial charge < -0.3 is 19.5 Å². The van der Waals surface area contributed by atoms with E-state index in [2.05, 4.69) is 64.2 Å². The number of epoxide rings is 1. The van der Waals surface area contributed by atoms with Gasteiger partial charge in [0.05, 0.1) is 19.9 Å². The molecule has 178 valence electrons. The van der Waals surface area contributed by atoms with Crippen molar-refractivity contribution in [2.24, 2.45) is 4.99 Å². The highest BCUT2D eigenvalue weighted by molar-refractivity contribution is 7.11. The normalized spacial score (nSPS) is 19.4. The number of benzene rings is 2. The van der Waals surface area contributed by atoms with E-state index in [0.717, 1.165) is 33.6 Å². The van der Waals surface area contributed by atoms with E-state index < -0.39 is 0 Å². The zero-order chi connectivity index (χ0) is 24.4. The van der Waals surface area contributed by atoms with Crippen molar-refractivity contribution in [1.29, 1.82) is 0 Å². The summed E-state index contributed by atoms with van der Waals surface area (Å²) in [5.74, 6) is 1.38. The number of methoxy groups -OCH3 is 2. The molecule has 0 amide bonds. The molecule has 5 nitrogen and oxygen atoms in total. The minimum Gasteiger partial charge on any atom is -0.493 e. The van der Waals surface area contributed by atoms with E-state index in [-0.39, 0.29) is 12.3 Å². The summed E-state index contributed by atoms with van der Waals surface area (Å²) in [5, 5.41) is 5.67. The number of anilines is 1. The molecule has 35 heavy (non-hydrogen) atoms. The number of nitrogens with one attached hydrogen (secondary N) is 1. The maximum absolute atomic E-state index is 6.11. The molecule has 5 rings (SSSR count). The zero-order valence-corrected chi connectivity index (χ0v) is 21.1. The summed E-state index contributed by atoms with van der Waals surface area (Å²) in [4.78, 5) is 5.60. The topological polar surface area (TPSA) is 55.4 Å². The molecule has 2 aliphatic rings. The summed E-state index contributed by atoms with van der Waals surface area (Å²) >= 11 is 1.73. The van der Waals surface area contributed by atoms with Crippen molar-refractivity contribution in [3.05, 3.63) is 93.3 Å². The molecule has 2 aromatic carbocycles. The first-order valence-electron chi connectivity index (χ1n) is 11.6. The van der Waals surface area contributed by atoms with Gasteiger partial charge in [-0.15, -0.1) is 11.3 Å². The molecule has 2 unspecified atom stereocenters. The predicted molar refractivity (Wildman–Crippen MR) is 145 cm³/mol. The van der Waals surface area contributed by atoms with E-state index in [1.807, 2.05) is 32.1 Å². The summed E-state index contributed by atoms with van der Waals surface area (Å²) in [5.41, 5.74) is 7.48. The molecule has 0 radical (unpaired) electrons. The Morgan fingerprint density at radius 2 is 1.89 bits per heavy atom. The number of hydrogen-bond donors (Lipinski definition) is 1. The summed E-state index contributed by atoms with van der Waals surface area (Å²) in [6.07, 6.45) is 7.82. The zero-order valence-electron chi connectivity index (χ0n) is 20.2. The standard InChI is InChI=1S/C29H28N2O3S/c1-5-20(30-6-2)13-12-18-9-7-10-19(15-18)26-21-16-23(32-3)24(33-4)17-22(21)31-29-28(34-29)27(26)25-11-8-14-35-25/h5-17,28-29,31H,1-4H3. The van der Waals surface area contributed by atoms with E-state index in [9.17, 15) is 0 Å². The number of aliphatic imine (C=N–C) groups is 1. The maximum atomic E-state index is 6.11. The highest BCUT2D eigenvalue weighted by Crippen LogP contribution is 2.50. The Balaban J connectivity index is 1.71. The number of nitrogens with zero attached hydrogens (tertiary/aromatic N) is 1. The number of fused-ring (bicyclic) bond motifs is 2. The molecule has 6 heteroatoms. The first-order chi connectivity index (χ1) is 17.2. The van der Waals surface area contributed by atoms with Gasteiger partial charge in [-0.05, 0) is 60.2 Å². The quantitative estimate of drug-likeness (QED) is 0.226. The van der Waals surface area contributed by atoms with Crippen LogP contribution in [0, 0.1) is 0 Å². The molecular weight excluding hydrogens is 456 g/mol. The van der Waals surface area contributed by atoms with Gasteiger partial charge in [0.1, 0.15) is 6.10 Å². The van der Waals surface area contributed by atoms with Crippen LogP contribution >= 0.6 is 11.3 Å². The number of allylic oxidation sites excluding steroid dienone is 2. The molecule has 0 saturated carbocycles. The molecule has 1 aromatic heterocycles. The molecule has 3 heterocycles. The van der Waals surface area contributed by atoms with E-state index in [1.165, 1.54) is 10.5 Å². The van der Waals surface area contributed by atoms with Gasteiger partial charge in [0.25, 0.3) is 0 Å². The SMILES string of the molecule is CC=NC(C=Cc1cccc(C2=C(c3cccs3)C3OC3Nc3cc(OC)c(OC)cc32)c1)=CC. The second-order valence-electron chi connectivity index (χ2n) is 8.20. The van der Waals surface area contributed by atoms with Gasteiger partial charge in [-0.25, -0.2) is 0 Å². The number of thiophene rings is 1. The van der Waals surface area contributed by atoms with Crippen LogP contribution in [0.5, 0.6) is 11.5 Å². The lowest BCUT2D eigenvalue weighted by Crippen LogP contribution is -2.07. The number of rotatable bonds is 7. The van der Waals surface area contributed by atoms with Crippen LogP contribution in [0.4, 0.5) is 5.69 Å². The van der Waals surface area contributed by atoms with Gasteiger partial charge in [-0.1, -0.05) is 36.4 Å². The fraction of sp³-hybridized carbons (Fsp3) is 0.207. The van der Waals surface area contributed by atoms with Crippen molar-refractivity contribution in [2.45, 2.75) is 26.2 Å². The lowest BCUT2D eigenvalue weighted by molar-refractivity contribution is 0.355. The lowest BCUT2D eigenvalue weighted by Gasteiger charge is -2.19. The smallest absolute Gasteiger partial charge is 0.162 e. The molecule has 0 spiro atoms. The van der Waals surface area contributed by atoms with E-state index in [4.69, 9.17) is 14.2 Å². The molecule has 0 aliphatic carbocycles. The third-order valence-corrected chi connectivity index (χ3v) is 7.02. The van der Waals surface area contributed by atoms with Gasteiger partial charge in [0, 0.05) is 34.0 Å². The lowest BCUT2D eigenvalue weighted by atomic mass is 9.89. The third-order valence-electron chi connectivity index (χ3n) is 6.12. The molecule has 0 bridgehead atoms. The van der Waals surface area contributed by atoms with Crippen LogP contribution < -0.4 is 14.8 Å². The van der Waals surface area contributed by atoms with Crippen molar-refractivity contribution >= 4 is 40.5 Å². The Bertz CT molecular complexity index is 1350. The third kappa shape index (κ3) is 4.55. The van der Waals surface area contributed by atoms with E-state index in [0.29, 0.717) is 11.5 Å². The molecule has 3 aromatic rings. The Labute approximate surface area is 210 Å². The predicted octanol–water partition coefficient (Wildman–Crippen LogP) is 6.88. The van der Waals surface area contributed by atoms with Crippen LogP contribution in [0.25, 0.3) is 17.2 Å². The van der Waals surface area contributed by atoms with Gasteiger partial charge in [-0.3, -0.25) is 4.99 Å². The first-order valence-corrected chi connectivity index (χ1v) is 12.4. The summed E-state index contributed by atoms with van der Waals surface area (Å²) < 4.78 is 17.4. The fourth-order valence-electron chi connectivity index (χ4n) is 4.44. The van der Waals surface area contributed by atoms with Crippen molar-refractivity contribution in [3.63, 3.8) is 0 Å². The summed E-state index contributed by atoms with van der Waals surface area (Å²) in [6, 6.07) is 16.9. The van der Waals surface area contributed by atoms with Gasteiger partial charge in [0.2, 0.25) is 0 Å². The van der Waals surface area contributed by atoms with E-state index in [1.54, 1.807) is 31.8 Å². The maximum Gasteiger partial charge on any atom is 0.162 e. The van der Waals surface area contributed by atoms with Crippen LogP contribution in [0.2, 0.25) is 0 Å². The second-order valence-corrected chi connectivity index (χ2v) is 9.15. The summed E-state index contributed by atoms with van der Waals surface area (Å²) in [6.45, 7) is 3.91. The highest BCUT2D eigenvalue weighted by Gasteiger charge is 2.47. The van der Waals surface area contributed by atoms with Gasteiger partial charge >= 0.3 is 0 Å². The van der Waals surface area contributed by atoms with Crippen molar-refractivity contribution in [1.82, 2.24) is 0 Å². The molecule has 1 saturated heterocycles. The second kappa shape index (κ2) is 9.94. The van der Waals surface area contributed by atoms with E-state index >= 15 is 0 Å². The fourth-order valence-corrected chi connectivity index (χ4v) is 5.24. The molecule has 2 atom stereocenters. The van der Waals surface area contributed by atoms with Crippen LogP contribution in [0.15, 0.2) is 76.8 Å². The average Bonchev–Trinajstić information content (AvgIpc) is 3.45. The van der Waals surface area contributed by atoms with Crippen LogP contribution in [0.3, 0.4) is 0 Å². The monoisotopic (exact) mass is 484 g/mol. The first kappa shape index (κ1) is 23.1. The Hall–Kier alpha value is -3.61. The van der Waals surface area contributed by atoms with Gasteiger partial charge in [0.15, 0.2) is 17.7 Å². The Morgan fingerprint density at radius 1 is 1.06 bits per heavy atom. The highest BCUT2D eigenvalue weighted by atomic mass is 32.1. The largest absolute Gasteiger partial charge is 0.493 e. The molecular formula is C29H28N2O3S. The Morgan fingerprint density at radius 3 is 2.60 bits per heavy atom. The van der Waals surface area contributed by atoms with Crippen LogP contribution in [0.1, 0.15) is 35.4 Å². The van der Waals surface area contributed by atoms with Crippen molar-refractivity contribution < 1.29 is 14.2 Å². The minimum atomic E-state index is -0.0753. The molecule has 1 fully saturated rings. The van der Waals surface area contributed by atoms with Crippen molar-refractivity contribution in [2.75, 3.05) is 19.5 Å². The van der Waals surface area contributed by atoms with Crippen LogP contribution in [-0.4, -0.2) is 32.8 Å². The number of hydrogen-bond acceptors (Lipinski definition) is 6. The minimum absolute atomic E-state index is 0.0271. The van der Waals surface area contributed by atoms with Crippen LogP contribution in [-0.2, 0) is 4.74 Å². The number of ether oxygens (including phenoxy) is 3.